The third-order valence-corrected chi connectivity index (χ3v) is 2.74. The summed E-state index contributed by atoms with van der Waals surface area (Å²) in [5.74, 6) is 0.804. The van der Waals surface area contributed by atoms with Crippen molar-refractivity contribution in [3.63, 3.8) is 0 Å². The van der Waals surface area contributed by atoms with Crippen LogP contribution in [0, 0.1) is 0 Å². The predicted molar refractivity (Wildman–Crippen MR) is 65.8 cm³/mol. The van der Waals surface area contributed by atoms with E-state index >= 15 is 0 Å². The van der Waals surface area contributed by atoms with Crippen LogP contribution in [-0.4, -0.2) is 17.4 Å². The minimum absolute atomic E-state index is 0.804. The lowest BCUT2D eigenvalue weighted by Crippen LogP contribution is -1.88. The van der Waals surface area contributed by atoms with Crippen molar-refractivity contribution in [1.82, 2.24) is 4.98 Å². The highest BCUT2D eigenvalue weighted by molar-refractivity contribution is 9.09. The Bertz CT molecular complexity index is 470. The molecule has 0 amide bonds. The molecular formula is C12H12BrNO. The van der Waals surface area contributed by atoms with Gasteiger partial charge in [0.1, 0.15) is 5.75 Å². The van der Waals surface area contributed by atoms with E-state index in [1.807, 2.05) is 12.1 Å². The zero-order valence-corrected chi connectivity index (χ0v) is 10.1. The summed E-state index contributed by atoms with van der Waals surface area (Å²) < 4.78 is 5.15. The molecule has 78 valence electrons. The summed E-state index contributed by atoms with van der Waals surface area (Å²) in [4.78, 5) is 4.32. The van der Waals surface area contributed by atoms with E-state index in [4.69, 9.17) is 4.74 Å². The molecule has 0 saturated carbocycles. The van der Waals surface area contributed by atoms with E-state index in [9.17, 15) is 0 Å². The Labute approximate surface area is 97.4 Å². The lowest BCUT2D eigenvalue weighted by atomic mass is 10.1. The summed E-state index contributed by atoms with van der Waals surface area (Å²) in [5, 5.41) is 2.11. The van der Waals surface area contributed by atoms with Crippen LogP contribution in [0.3, 0.4) is 0 Å². The second kappa shape index (κ2) is 4.62. The standard InChI is InChI=1S/C12H12BrNO/c1-15-11-7-10-6-9(4-5-13)2-3-12(10)14-8-11/h2-3,6-8H,4-5H2,1H3. The molecule has 1 aromatic heterocycles. The molecule has 0 aliphatic rings. The van der Waals surface area contributed by atoms with Crippen molar-refractivity contribution in [2.24, 2.45) is 0 Å². The van der Waals surface area contributed by atoms with E-state index in [0.717, 1.165) is 28.4 Å². The maximum Gasteiger partial charge on any atom is 0.137 e. The number of rotatable bonds is 3. The van der Waals surface area contributed by atoms with Gasteiger partial charge in [0.15, 0.2) is 0 Å². The normalized spacial score (nSPS) is 10.5. The Morgan fingerprint density at radius 3 is 2.93 bits per heavy atom. The van der Waals surface area contributed by atoms with E-state index in [1.165, 1.54) is 5.56 Å². The Morgan fingerprint density at radius 1 is 1.33 bits per heavy atom. The molecule has 0 fully saturated rings. The molecule has 3 heteroatoms. The number of benzene rings is 1. The van der Waals surface area contributed by atoms with Crippen molar-refractivity contribution in [2.45, 2.75) is 6.42 Å². The Morgan fingerprint density at radius 2 is 2.20 bits per heavy atom. The molecule has 0 unspecified atom stereocenters. The van der Waals surface area contributed by atoms with Crippen molar-refractivity contribution in [3.8, 4) is 5.75 Å². The number of alkyl halides is 1. The number of pyridine rings is 1. The van der Waals surface area contributed by atoms with Gasteiger partial charge in [-0.05, 0) is 30.2 Å². The zero-order chi connectivity index (χ0) is 10.7. The van der Waals surface area contributed by atoms with Gasteiger partial charge in [-0.1, -0.05) is 22.0 Å². The Kier molecular flexibility index (Phi) is 3.21. The van der Waals surface area contributed by atoms with Gasteiger partial charge in [0.05, 0.1) is 18.8 Å². The number of fused-ring (bicyclic) bond motifs is 1. The van der Waals surface area contributed by atoms with Gasteiger partial charge in [0, 0.05) is 10.7 Å². The van der Waals surface area contributed by atoms with Gasteiger partial charge in [-0.15, -0.1) is 0 Å². The van der Waals surface area contributed by atoms with Gasteiger partial charge in [0.2, 0.25) is 0 Å². The molecule has 0 aliphatic carbocycles. The quantitative estimate of drug-likeness (QED) is 0.796. The first kappa shape index (κ1) is 10.4. The molecule has 0 N–H and O–H groups in total. The molecule has 1 aromatic carbocycles. The Balaban J connectivity index is 2.48. The van der Waals surface area contributed by atoms with Crippen molar-refractivity contribution >= 4 is 26.8 Å². The van der Waals surface area contributed by atoms with E-state index in [1.54, 1.807) is 13.3 Å². The first-order valence-electron chi connectivity index (χ1n) is 4.82. The van der Waals surface area contributed by atoms with Crippen molar-refractivity contribution in [2.75, 3.05) is 12.4 Å². The maximum atomic E-state index is 5.15. The fourth-order valence-electron chi connectivity index (χ4n) is 1.54. The van der Waals surface area contributed by atoms with Gasteiger partial charge in [-0.25, -0.2) is 0 Å². The molecule has 0 saturated heterocycles. The highest BCUT2D eigenvalue weighted by atomic mass is 79.9. The third-order valence-electron chi connectivity index (χ3n) is 2.34. The minimum atomic E-state index is 0.804. The lowest BCUT2D eigenvalue weighted by Gasteiger charge is -2.03. The number of nitrogens with zero attached hydrogens (tertiary/aromatic N) is 1. The zero-order valence-electron chi connectivity index (χ0n) is 8.53. The number of methoxy groups -OCH3 is 1. The van der Waals surface area contributed by atoms with Gasteiger partial charge < -0.3 is 4.74 Å². The molecule has 15 heavy (non-hydrogen) atoms. The minimum Gasteiger partial charge on any atom is -0.495 e. The molecule has 0 radical (unpaired) electrons. The predicted octanol–water partition coefficient (Wildman–Crippen LogP) is 3.18. The van der Waals surface area contributed by atoms with Crippen LogP contribution in [0.1, 0.15) is 5.56 Å². The number of aryl methyl sites for hydroxylation is 1. The number of ether oxygens (including phenoxy) is 1. The van der Waals surface area contributed by atoms with Crippen LogP contribution in [0.5, 0.6) is 5.75 Å². The average molecular weight is 266 g/mol. The molecule has 0 spiro atoms. The van der Waals surface area contributed by atoms with E-state index in [0.29, 0.717) is 0 Å². The summed E-state index contributed by atoms with van der Waals surface area (Å²) in [6.07, 6.45) is 2.78. The molecule has 1 heterocycles. The van der Waals surface area contributed by atoms with Gasteiger partial charge in [-0.2, -0.15) is 0 Å². The summed E-state index contributed by atoms with van der Waals surface area (Å²) >= 11 is 3.44. The summed E-state index contributed by atoms with van der Waals surface area (Å²) in [5.41, 5.74) is 2.32. The lowest BCUT2D eigenvalue weighted by molar-refractivity contribution is 0.414. The van der Waals surface area contributed by atoms with Crippen LogP contribution in [-0.2, 0) is 6.42 Å². The second-order valence-corrected chi connectivity index (χ2v) is 4.13. The van der Waals surface area contributed by atoms with Crippen LogP contribution in [0.15, 0.2) is 30.5 Å². The van der Waals surface area contributed by atoms with E-state index in [-0.39, 0.29) is 0 Å². The largest absolute Gasteiger partial charge is 0.495 e. The van der Waals surface area contributed by atoms with Gasteiger partial charge in [0.25, 0.3) is 0 Å². The third kappa shape index (κ3) is 2.29. The van der Waals surface area contributed by atoms with E-state index in [2.05, 4.69) is 33.0 Å². The second-order valence-electron chi connectivity index (χ2n) is 3.34. The number of hydrogen-bond donors (Lipinski definition) is 0. The van der Waals surface area contributed by atoms with Crippen LogP contribution < -0.4 is 4.74 Å². The van der Waals surface area contributed by atoms with Gasteiger partial charge >= 0.3 is 0 Å². The summed E-state index contributed by atoms with van der Waals surface area (Å²) in [6.45, 7) is 0. The first-order chi connectivity index (χ1) is 7.33. The number of hydrogen-bond acceptors (Lipinski definition) is 2. The monoisotopic (exact) mass is 265 g/mol. The van der Waals surface area contributed by atoms with Crippen LogP contribution >= 0.6 is 15.9 Å². The Hall–Kier alpha value is -1.09. The molecule has 2 rings (SSSR count). The smallest absolute Gasteiger partial charge is 0.137 e. The molecule has 0 atom stereocenters. The van der Waals surface area contributed by atoms with Crippen molar-refractivity contribution in [1.29, 1.82) is 0 Å². The highest BCUT2D eigenvalue weighted by Crippen LogP contribution is 2.19. The molecule has 0 bridgehead atoms. The van der Waals surface area contributed by atoms with Crippen LogP contribution in [0.25, 0.3) is 10.9 Å². The summed E-state index contributed by atoms with van der Waals surface area (Å²) in [7, 11) is 1.66. The molecule has 2 nitrogen and oxygen atoms in total. The molecule has 2 aromatic rings. The fourth-order valence-corrected chi connectivity index (χ4v) is 1.99. The van der Waals surface area contributed by atoms with Gasteiger partial charge in [-0.3, -0.25) is 4.98 Å². The van der Waals surface area contributed by atoms with E-state index < -0.39 is 0 Å². The summed E-state index contributed by atoms with van der Waals surface area (Å²) in [6, 6.07) is 8.34. The highest BCUT2D eigenvalue weighted by Gasteiger charge is 1.99. The van der Waals surface area contributed by atoms with Crippen molar-refractivity contribution in [3.05, 3.63) is 36.0 Å². The molecule has 0 aliphatic heterocycles. The first-order valence-corrected chi connectivity index (χ1v) is 5.94. The van der Waals surface area contributed by atoms with Crippen molar-refractivity contribution < 1.29 is 4.74 Å². The fraction of sp³-hybridized carbons (Fsp3) is 0.250. The van der Waals surface area contributed by atoms with Crippen LogP contribution in [0.2, 0.25) is 0 Å². The number of halogens is 1. The SMILES string of the molecule is COc1cnc2ccc(CCBr)cc2c1. The van der Waals surface area contributed by atoms with Crippen LogP contribution in [0.4, 0.5) is 0 Å². The molecular weight excluding hydrogens is 254 g/mol. The topological polar surface area (TPSA) is 22.1 Å². The maximum absolute atomic E-state index is 5.15. The number of aromatic nitrogens is 1. The average Bonchev–Trinajstić information content (AvgIpc) is 2.28.